The Morgan fingerprint density at radius 1 is 1.38 bits per heavy atom. The molecule has 0 unspecified atom stereocenters. The maximum Gasteiger partial charge on any atom is 0.336 e. The molecule has 0 atom stereocenters. The van der Waals surface area contributed by atoms with Gasteiger partial charge in [-0.15, -0.1) is 11.8 Å². The van der Waals surface area contributed by atoms with Gasteiger partial charge in [0.15, 0.2) is 6.29 Å². The molecule has 0 spiro atoms. The van der Waals surface area contributed by atoms with Gasteiger partial charge in [-0.3, -0.25) is 0 Å². The zero-order chi connectivity index (χ0) is 12.0. The number of methoxy groups -OCH3 is 2. The third-order valence-corrected chi connectivity index (χ3v) is 3.12. The van der Waals surface area contributed by atoms with Gasteiger partial charge in [0.25, 0.3) is 0 Å². The van der Waals surface area contributed by atoms with Crippen LogP contribution in [-0.4, -0.2) is 37.3 Å². The van der Waals surface area contributed by atoms with Crippen LogP contribution in [0, 0.1) is 0 Å². The Kier molecular flexibility index (Phi) is 5.31. The second kappa shape index (κ2) is 6.52. The summed E-state index contributed by atoms with van der Waals surface area (Å²) in [5.41, 5.74) is 0.304. The summed E-state index contributed by atoms with van der Waals surface area (Å²) in [6.07, 6.45) is -0.327. The number of carbonyl (C=O) groups is 1. The molecule has 0 fully saturated rings. The van der Waals surface area contributed by atoms with E-state index >= 15 is 0 Å². The van der Waals surface area contributed by atoms with E-state index in [1.54, 1.807) is 32.4 Å². The highest BCUT2D eigenvalue weighted by Crippen LogP contribution is 2.23. The Labute approximate surface area is 98.6 Å². The van der Waals surface area contributed by atoms with Gasteiger partial charge in [-0.05, 0) is 12.1 Å². The van der Waals surface area contributed by atoms with Crippen molar-refractivity contribution >= 4 is 17.7 Å². The van der Waals surface area contributed by atoms with Crippen LogP contribution in [0.15, 0.2) is 29.2 Å². The van der Waals surface area contributed by atoms with Crippen LogP contribution in [0.25, 0.3) is 0 Å². The first-order chi connectivity index (χ1) is 7.69. The van der Waals surface area contributed by atoms with Crippen molar-refractivity contribution in [3.8, 4) is 0 Å². The minimum Gasteiger partial charge on any atom is -0.478 e. The SMILES string of the molecule is COC(CSc1ccccc1C(=O)O)OC. The summed E-state index contributed by atoms with van der Waals surface area (Å²) in [5.74, 6) is -0.369. The molecular formula is C11H14O4S. The number of carboxylic acids is 1. The highest BCUT2D eigenvalue weighted by atomic mass is 32.2. The third-order valence-electron chi connectivity index (χ3n) is 2.02. The first-order valence-electron chi connectivity index (χ1n) is 4.69. The van der Waals surface area contributed by atoms with Crippen LogP contribution in [0.1, 0.15) is 10.4 Å². The first kappa shape index (κ1) is 13.0. The molecule has 4 nitrogen and oxygen atoms in total. The molecule has 0 aromatic heterocycles. The average Bonchev–Trinajstić information content (AvgIpc) is 2.30. The Bertz CT molecular complexity index is 350. The number of thioether (sulfide) groups is 1. The molecule has 0 amide bonds. The van der Waals surface area contributed by atoms with Gasteiger partial charge in [0.1, 0.15) is 0 Å². The van der Waals surface area contributed by atoms with E-state index in [0.29, 0.717) is 16.2 Å². The zero-order valence-corrected chi connectivity index (χ0v) is 9.99. The third kappa shape index (κ3) is 3.52. The molecule has 1 aromatic rings. The van der Waals surface area contributed by atoms with Gasteiger partial charge >= 0.3 is 5.97 Å². The van der Waals surface area contributed by atoms with E-state index in [1.165, 1.54) is 11.8 Å². The van der Waals surface area contributed by atoms with E-state index < -0.39 is 5.97 Å². The van der Waals surface area contributed by atoms with E-state index in [2.05, 4.69) is 0 Å². The fraction of sp³-hybridized carbons (Fsp3) is 0.364. The van der Waals surface area contributed by atoms with Crippen LogP contribution in [0.2, 0.25) is 0 Å². The second-order valence-electron chi connectivity index (χ2n) is 3.01. The van der Waals surface area contributed by atoms with Crippen LogP contribution in [0.5, 0.6) is 0 Å². The van der Waals surface area contributed by atoms with Crippen molar-refractivity contribution in [2.45, 2.75) is 11.2 Å². The minimum atomic E-state index is -0.922. The number of hydrogen-bond donors (Lipinski definition) is 1. The standard InChI is InChI=1S/C11H14O4S/c1-14-10(15-2)7-16-9-6-4-3-5-8(9)11(12)13/h3-6,10H,7H2,1-2H3,(H,12,13). The highest BCUT2D eigenvalue weighted by Gasteiger charge is 2.12. The Balaban J connectivity index is 2.69. The molecule has 0 aliphatic rings. The number of ether oxygens (including phenoxy) is 2. The maximum atomic E-state index is 10.9. The van der Waals surface area contributed by atoms with E-state index in [1.807, 2.05) is 6.07 Å². The molecule has 1 rings (SSSR count). The number of carboxylic acid groups (broad SMARTS) is 1. The number of benzene rings is 1. The predicted octanol–water partition coefficient (Wildman–Crippen LogP) is 2.10. The van der Waals surface area contributed by atoms with Gasteiger partial charge in [-0.1, -0.05) is 12.1 Å². The van der Waals surface area contributed by atoms with Crippen molar-refractivity contribution in [3.63, 3.8) is 0 Å². The monoisotopic (exact) mass is 242 g/mol. The van der Waals surface area contributed by atoms with Crippen LogP contribution >= 0.6 is 11.8 Å². The lowest BCUT2D eigenvalue weighted by molar-refractivity contribution is -0.0842. The second-order valence-corrected chi connectivity index (χ2v) is 4.08. The van der Waals surface area contributed by atoms with Gasteiger partial charge in [-0.25, -0.2) is 4.79 Å². The molecule has 0 aliphatic heterocycles. The molecule has 0 radical (unpaired) electrons. The Morgan fingerprint density at radius 2 is 2.00 bits per heavy atom. The van der Waals surface area contributed by atoms with Crippen molar-refractivity contribution in [1.29, 1.82) is 0 Å². The lowest BCUT2D eigenvalue weighted by atomic mass is 10.2. The molecule has 0 bridgehead atoms. The molecule has 1 N–H and O–H groups in total. The molecular weight excluding hydrogens is 228 g/mol. The molecule has 0 aliphatic carbocycles. The summed E-state index contributed by atoms with van der Waals surface area (Å²) in [4.78, 5) is 11.6. The van der Waals surface area contributed by atoms with Crippen molar-refractivity contribution in [2.75, 3.05) is 20.0 Å². The Morgan fingerprint density at radius 3 is 2.56 bits per heavy atom. The van der Waals surface area contributed by atoms with Crippen molar-refractivity contribution in [1.82, 2.24) is 0 Å². The molecule has 1 aromatic carbocycles. The predicted molar refractivity (Wildman–Crippen MR) is 61.9 cm³/mol. The number of aromatic carboxylic acids is 1. The number of hydrogen-bond acceptors (Lipinski definition) is 4. The van der Waals surface area contributed by atoms with Gasteiger partial charge in [0, 0.05) is 24.9 Å². The summed E-state index contributed by atoms with van der Waals surface area (Å²) in [6, 6.07) is 6.87. The summed E-state index contributed by atoms with van der Waals surface area (Å²) in [5, 5.41) is 8.97. The van der Waals surface area contributed by atoms with Gasteiger partial charge in [0.2, 0.25) is 0 Å². The summed E-state index contributed by atoms with van der Waals surface area (Å²) in [6.45, 7) is 0. The molecule has 0 heterocycles. The summed E-state index contributed by atoms with van der Waals surface area (Å²) >= 11 is 1.40. The summed E-state index contributed by atoms with van der Waals surface area (Å²) < 4.78 is 10.1. The van der Waals surface area contributed by atoms with Gasteiger partial charge < -0.3 is 14.6 Å². The van der Waals surface area contributed by atoms with Crippen molar-refractivity contribution < 1.29 is 19.4 Å². The smallest absolute Gasteiger partial charge is 0.336 e. The minimum absolute atomic E-state index is 0.304. The van der Waals surface area contributed by atoms with Crippen LogP contribution in [0.3, 0.4) is 0 Å². The van der Waals surface area contributed by atoms with Crippen LogP contribution in [-0.2, 0) is 9.47 Å². The lowest BCUT2D eigenvalue weighted by Crippen LogP contribution is -2.15. The van der Waals surface area contributed by atoms with Crippen molar-refractivity contribution in [2.24, 2.45) is 0 Å². The molecule has 5 heteroatoms. The lowest BCUT2D eigenvalue weighted by Gasteiger charge is -2.13. The van der Waals surface area contributed by atoms with Gasteiger partial charge in [-0.2, -0.15) is 0 Å². The molecule has 0 saturated carbocycles. The average molecular weight is 242 g/mol. The van der Waals surface area contributed by atoms with Crippen molar-refractivity contribution in [3.05, 3.63) is 29.8 Å². The first-order valence-corrected chi connectivity index (χ1v) is 5.68. The van der Waals surface area contributed by atoms with E-state index in [9.17, 15) is 4.79 Å². The van der Waals surface area contributed by atoms with Crippen LogP contribution < -0.4 is 0 Å². The molecule has 16 heavy (non-hydrogen) atoms. The molecule has 0 saturated heterocycles. The topological polar surface area (TPSA) is 55.8 Å². The Hall–Kier alpha value is -1.04. The fourth-order valence-corrected chi connectivity index (χ4v) is 2.23. The fourth-order valence-electron chi connectivity index (χ4n) is 1.16. The largest absolute Gasteiger partial charge is 0.478 e. The van der Waals surface area contributed by atoms with E-state index in [-0.39, 0.29) is 6.29 Å². The van der Waals surface area contributed by atoms with E-state index in [0.717, 1.165) is 0 Å². The maximum absolute atomic E-state index is 10.9. The zero-order valence-electron chi connectivity index (χ0n) is 9.17. The highest BCUT2D eigenvalue weighted by molar-refractivity contribution is 7.99. The quantitative estimate of drug-likeness (QED) is 0.611. The summed E-state index contributed by atoms with van der Waals surface area (Å²) in [7, 11) is 3.11. The molecule has 88 valence electrons. The van der Waals surface area contributed by atoms with Gasteiger partial charge in [0.05, 0.1) is 5.56 Å². The van der Waals surface area contributed by atoms with E-state index in [4.69, 9.17) is 14.6 Å². The van der Waals surface area contributed by atoms with Crippen LogP contribution in [0.4, 0.5) is 0 Å². The number of rotatable bonds is 6. The normalized spacial score (nSPS) is 10.7.